The van der Waals surface area contributed by atoms with E-state index in [1.165, 1.54) is 0 Å². The zero-order valence-electron chi connectivity index (χ0n) is 10.4. The average Bonchev–Trinajstić information content (AvgIpc) is 2.76. The number of pyridine rings is 1. The second-order valence-electron chi connectivity index (χ2n) is 4.93. The van der Waals surface area contributed by atoms with E-state index in [0.29, 0.717) is 6.54 Å². The molecule has 0 radical (unpaired) electrons. The molecular weight excluding hydrogens is 226 g/mol. The summed E-state index contributed by atoms with van der Waals surface area (Å²) in [6, 6.07) is 6.01. The van der Waals surface area contributed by atoms with Gasteiger partial charge in [0.1, 0.15) is 0 Å². The fourth-order valence-corrected chi connectivity index (χ4v) is 2.59. The van der Waals surface area contributed by atoms with Gasteiger partial charge in [-0.1, -0.05) is 0 Å². The maximum Gasteiger partial charge on any atom is 0.0731 e. The summed E-state index contributed by atoms with van der Waals surface area (Å²) in [7, 11) is 0. The zero-order valence-corrected chi connectivity index (χ0v) is 10.4. The predicted molar refractivity (Wildman–Crippen MR) is 73.7 cm³/mol. The highest BCUT2D eigenvalue weighted by Crippen LogP contribution is 2.32. The van der Waals surface area contributed by atoms with Crippen LogP contribution in [0.2, 0.25) is 0 Å². The lowest BCUT2D eigenvalue weighted by Crippen LogP contribution is -2.21. The van der Waals surface area contributed by atoms with Crippen molar-refractivity contribution in [2.75, 3.05) is 23.7 Å². The molecule has 0 amide bonds. The Hall–Kier alpha value is -1.81. The molecule has 0 saturated carbocycles. The van der Waals surface area contributed by atoms with E-state index in [1.807, 2.05) is 25.3 Å². The van der Waals surface area contributed by atoms with Crippen LogP contribution in [0.3, 0.4) is 0 Å². The van der Waals surface area contributed by atoms with Crippen LogP contribution >= 0.6 is 0 Å². The topological polar surface area (TPSA) is 62.4 Å². The van der Waals surface area contributed by atoms with Crippen molar-refractivity contribution in [1.82, 2.24) is 4.98 Å². The summed E-state index contributed by atoms with van der Waals surface area (Å²) in [5.74, 6) is 0. The van der Waals surface area contributed by atoms with Crippen molar-refractivity contribution >= 4 is 22.1 Å². The van der Waals surface area contributed by atoms with Crippen LogP contribution < -0.4 is 10.6 Å². The van der Waals surface area contributed by atoms with E-state index in [1.54, 1.807) is 0 Å². The van der Waals surface area contributed by atoms with Gasteiger partial charge < -0.3 is 15.7 Å². The summed E-state index contributed by atoms with van der Waals surface area (Å²) in [5, 5.41) is 11.8. The highest BCUT2D eigenvalue weighted by atomic mass is 16.3. The van der Waals surface area contributed by atoms with E-state index < -0.39 is 0 Å². The molecule has 1 aliphatic rings. The minimum Gasteiger partial charge on any atom is -0.398 e. The molecule has 1 atom stereocenters. The van der Waals surface area contributed by atoms with Crippen LogP contribution in [0.15, 0.2) is 24.4 Å². The van der Waals surface area contributed by atoms with E-state index in [0.717, 1.165) is 40.8 Å². The van der Waals surface area contributed by atoms with Crippen molar-refractivity contribution in [2.24, 2.45) is 0 Å². The first-order valence-electron chi connectivity index (χ1n) is 6.23. The summed E-state index contributed by atoms with van der Waals surface area (Å²) in [6.07, 6.45) is 2.44. The molecule has 1 aliphatic heterocycles. The van der Waals surface area contributed by atoms with E-state index in [2.05, 4.69) is 16.0 Å². The Morgan fingerprint density at radius 3 is 2.94 bits per heavy atom. The number of rotatable bonds is 1. The van der Waals surface area contributed by atoms with Crippen molar-refractivity contribution in [1.29, 1.82) is 0 Å². The molecule has 4 nitrogen and oxygen atoms in total. The monoisotopic (exact) mass is 243 g/mol. The highest BCUT2D eigenvalue weighted by Gasteiger charge is 2.22. The Kier molecular flexibility index (Phi) is 2.59. The number of nitrogens with two attached hydrogens (primary N) is 1. The van der Waals surface area contributed by atoms with Crippen molar-refractivity contribution in [3.05, 3.63) is 30.1 Å². The Labute approximate surface area is 106 Å². The van der Waals surface area contributed by atoms with Crippen molar-refractivity contribution in [2.45, 2.75) is 19.4 Å². The fourth-order valence-electron chi connectivity index (χ4n) is 2.59. The van der Waals surface area contributed by atoms with Gasteiger partial charge in [-0.2, -0.15) is 0 Å². The van der Waals surface area contributed by atoms with Gasteiger partial charge in [-0.3, -0.25) is 4.98 Å². The van der Waals surface area contributed by atoms with Gasteiger partial charge in [0.15, 0.2) is 0 Å². The maximum atomic E-state index is 9.66. The number of anilines is 2. The SMILES string of the molecule is Cc1cc2c(N3CCC(O)C3)ccc(N)c2cn1. The van der Waals surface area contributed by atoms with E-state index in [-0.39, 0.29) is 6.10 Å². The molecule has 1 aromatic carbocycles. The van der Waals surface area contributed by atoms with Crippen molar-refractivity contribution in [3.63, 3.8) is 0 Å². The van der Waals surface area contributed by atoms with Crippen LogP contribution in [0, 0.1) is 6.92 Å². The molecule has 2 heterocycles. The first-order valence-corrected chi connectivity index (χ1v) is 6.23. The number of hydrogen-bond donors (Lipinski definition) is 2. The third kappa shape index (κ3) is 1.78. The maximum absolute atomic E-state index is 9.66. The van der Waals surface area contributed by atoms with Crippen LogP contribution in [0.25, 0.3) is 10.8 Å². The highest BCUT2D eigenvalue weighted by molar-refractivity contribution is 6.01. The lowest BCUT2D eigenvalue weighted by molar-refractivity contribution is 0.198. The van der Waals surface area contributed by atoms with Gasteiger partial charge in [0.25, 0.3) is 0 Å². The van der Waals surface area contributed by atoms with Gasteiger partial charge >= 0.3 is 0 Å². The molecule has 2 aromatic rings. The number of β-amino-alcohol motifs (C(OH)–C–C–N with tert-alkyl or cyclic N) is 1. The number of aliphatic hydroxyl groups excluding tert-OH is 1. The fraction of sp³-hybridized carbons (Fsp3) is 0.357. The first kappa shape index (κ1) is 11.3. The summed E-state index contributed by atoms with van der Waals surface area (Å²) >= 11 is 0. The molecule has 3 N–H and O–H groups in total. The zero-order chi connectivity index (χ0) is 12.7. The molecule has 3 rings (SSSR count). The van der Waals surface area contributed by atoms with Crippen LogP contribution in [-0.4, -0.2) is 29.3 Å². The van der Waals surface area contributed by atoms with E-state index >= 15 is 0 Å². The molecule has 0 spiro atoms. The van der Waals surface area contributed by atoms with Gasteiger partial charge in [-0.25, -0.2) is 0 Å². The number of benzene rings is 1. The van der Waals surface area contributed by atoms with Crippen LogP contribution in [0.1, 0.15) is 12.1 Å². The summed E-state index contributed by atoms with van der Waals surface area (Å²) in [4.78, 5) is 6.52. The standard InChI is InChI=1S/C14H17N3O/c1-9-6-11-12(7-16-9)13(15)2-3-14(11)17-5-4-10(18)8-17/h2-3,6-7,10,18H,4-5,8,15H2,1H3. The smallest absolute Gasteiger partial charge is 0.0731 e. The van der Waals surface area contributed by atoms with Gasteiger partial charge in [-0.05, 0) is 31.5 Å². The number of fused-ring (bicyclic) bond motifs is 1. The van der Waals surface area contributed by atoms with Crippen LogP contribution in [0.4, 0.5) is 11.4 Å². The minimum atomic E-state index is -0.222. The van der Waals surface area contributed by atoms with Crippen LogP contribution in [0.5, 0.6) is 0 Å². The van der Waals surface area contributed by atoms with Crippen molar-refractivity contribution < 1.29 is 5.11 Å². The van der Waals surface area contributed by atoms with E-state index in [4.69, 9.17) is 5.73 Å². The van der Waals surface area contributed by atoms with Crippen molar-refractivity contribution in [3.8, 4) is 0 Å². The molecule has 0 aliphatic carbocycles. The molecule has 1 saturated heterocycles. The second kappa shape index (κ2) is 4.14. The summed E-state index contributed by atoms with van der Waals surface area (Å²) in [5.41, 5.74) is 8.86. The number of aliphatic hydroxyl groups is 1. The summed E-state index contributed by atoms with van der Waals surface area (Å²) in [6.45, 7) is 3.56. The first-order chi connectivity index (χ1) is 8.65. The minimum absolute atomic E-state index is 0.222. The Bertz CT molecular complexity index is 597. The van der Waals surface area contributed by atoms with Gasteiger partial charge in [0.2, 0.25) is 0 Å². The normalized spacial score (nSPS) is 19.7. The average molecular weight is 243 g/mol. The second-order valence-corrected chi connectivity index (χ2v) is 4.93. The third-order valence-electron chi connectivity index (χ3n) is 3.55. The third-order valence-corrected chi connectivity index (χ3v) is 3.55. The number of nitrogen functional groups attached to an aromatic ring is 1. The number of hydrogen-bond acceptors (Lipinski definition) is 4. The largest absolute Gasteiger partial charge is 0.398 e. The molecular formula is C14H17N3O. The summed E-state index contributed by atoms with van der Waals surface area (Å²) < 4.78 is 0. The van der Waals surface area contributed by atoms with Crippen LogP contribution in [-0.2, 0) is 0 Å². The number of aryl methyl sites for hydroxylation is 1. The van der Waals surface area contributed by atoms with Gasteiger partial charge in [0, 0.05) is 47.1 Å². The lowest BCUT2D eigenvalue weighted by Gasteiger charge is -2.20. The molecule has 4 heteroatoms. The lowest BCUT2D eigenvalue weighted by atomic mass is 10.1. The number of nitrogens with zero attached hydrogens (tertiary/aromatic N) is 2. The molecule has 94 valence electrons. The van der Waals surface area contributed by atoms with Gasteiger partial charge in [0.05, 0.1) is 6.10 Å². The molecule has 1 fully saturated rings. The Morgan fingerprint density at radius 1 is 1.39 bits per heavy atom. The Morgan fingerprint density at radius 2 is 2.22 bits per heavy atom. The molecule has 18 heavy (non-hydrogen) atoms. The van der Waals surface area contributed by atoms with E-state index in [9.17, 15) is 5.11 Å². The number of aromatic nitrogens is 1. The van der Waals surface area contributed by atoms with Gasteiger partial charge in [-0.15, -0.1) is 0 Å². The molecule has 1 aromatic heterocycles. The quantitative estimate of drug-likeness (QED) is 0.748. The molecule has 0 bridgehead atoms. The Balaban J connectivity index is 2.17. The molecule has 1 unspecified atom stereocenters. The predicted octanol–water partition coefficient (Wildman–Crippen LogP) is 1.70.